The van der Waals surface area contributed by atoms with Gasteiger partial charge in [-0.05, 0) is 42.8 Å². The minimum Gasteiger partial charge on any atom is -0.343 e. The molecule has 22 heavy (non-hydrogen) atoms. The van der Waals surface area contributed by atoms with Gasteiger partial charge < -0.3 is 10.6 Å². The molecule has 0 saturated heterocycles. The fourth-order valence-electron chi connectivity index (χ4n) is 1.77. The van der Waals surface area contributed by atoms with Crippen LogP contribution in [0.25, 0.3) is 0 Å². The molecule has 0 saturated carbocycles. The highest BCUT2D eigenvalue weighted by atomic mass is 35.5. The topological polar surface area (TPSA) is 58.2 Å². The van der Waals surface area contributed by atoms with E-state index < -0.39 is 17.6 Å². The van der Waals surface area contributed by atoms with Crippen molar-refractivity contribution in [3.8, 4) is 0 Å². The summed E-state index contributed by atoms with van der Waals surface area (Å²) < 4.78 is 13.0. The van der Waals surface area contributed by atoms with Gasteiger partial charge in [-0.3, -0.25) is 9.59 Å². The third-order valence-corrected chi connectivity index (χ3v) is 3.36. The number of carbonyl (C=O) groups is 2. The van der Waals surface area contributed by atoms with E-state index in [1.807, 2.05) is 6.92 Å². The van der Waals surface area contributed by atoms with Gasteiger partial charge in [0.05, 0.1) is 6.54 Å². The molecule has 0 spiro atoms. The van der Waals surface area contributed by atoms with Gasteiger partial charge in [-0.1, -0.05) is 23.7 Å². The normalized spacial score (nSPS) is 10.1. The van der Waals surface area contributed by atoms with Crippen molar-refractivity contribution in [2.45, 2.75) is 6.92 Å². The molecule has 0 aromatic heterocycles. The van der Waals surface area contributed by atoms with Gasteiger partial charge in [0.15, 0.2) is 0 Å². The highest BCUT2D eigenvalue weighted by molar-refractivity contribution is 6.31. The number of halogens is 2. The summed E-state index contributed by atoms with van der Waals surface area (Å²) >= 11 is 5.96. The second-order valence-corrected chi connectivity index (χ2v) is 5.11. The predicted molar refractivity (Wildman–Crippen MR) is 83.6 cm³/mol. The zero-order valence-electron chi connectivity index (χ0n) is 11.8. The highest BCUT2D eigenvalue weighted by Gasteiger charge is 2.09. The van der Waals surface area contributed by atoms with Gasteiger partial charge in [-0.25, -0.2) is 4.39 Å². The maximum Gasteiger partial charge on any atom is 0.251 e. The molecule has 0 aliphatic heterocycles. The molecule has 0 radical (unpaired) electrons. The van der Waals surface area contributed by atoms with Gasteiger partial charge in [-0.15, -0.1) is 0 Å². The van der Waals surface area contributed by atoms with E-state index in [1.54, 1.807) is 18.2 Å². The lowest BCUT2D eigenvalue weighted by Crippen LogP contribution is -2.32. The monoisotopic (exact) mass is 320 g/mol. The number of hydrogen-bond donors (Lipinski definition) is 2. The van der Waals surface area contributed by atoms with Gasteiger partial charge in [-0.2, -0.15) is 0 Å². The summed E-state index contributed by atoms with van der Waals surface area (Å²) in [5.41, 5.74) is 1.60. The minimum absolute atomic E-state index is 0.159. The maximum absolute atomic E-state index is 13.0. The number of aryl methyl sites for hydroxylation is 1. The van der Waals surface area contributed by atoms with E-state index in [2.05, 4.69) is 10.6 Å². The fourth-order valence-corrected chi connectivity index (χ4v) is 1.95. The summed E-state index contributed by atoms with van der Waals surface area (Å²) in [6.45, 7) is 1.63. The second-order valence-electron chi connectivity index (χ2n) is 4.71. The molecule has 0 aliphatic rings. The van der Waals surface area contributed by atoms with Crippen molar-refractivity contribution in [2.24, 2.45) is 0 Å². The Morgan fingerprint density at radius 1 is 1.18 bits per heavy atom. The zero-order valence-corrected chi connectivity index (χ0v) is 12.6. The van der Waals surface area contributed by atoms with Crippen molar-refractivity contribution in [2.75, 3.05) is 11.9 Å². The predicted octanol–water partition coefficient (Wildman–Crippen LogP) is 3.16. The molecule has 4 nitrogen and oxygen atoms in total. The molecule has 0 unspecified atom stereocenters. The molecule has 114 valence electrons. The molecule has 0 atom stereocenters. The maximum atomic E-state index is 13.0. The van der Waals surface area contributed by atoms with Crippen LogP contribution in [0.4, 0.5) is 10.1 Å². The first-order chi connectivity index (χ1) is 10.5. The Hall–Kier alpha value is -2.40. The molecule has 2 aromatic rings. The van der Waals surface area contributed by atoms with Crippen molar-refractivity contribution in [3.05, 3.63) is 64.4 Å². The average molecular weight is 321 g/mol. The Morgan fingerprint density at radius 3 is 2.64 bits per heavy atom. The second kappa shape index (κ2) is 7.04. The third kappa shape index (κ3) is 4.30. The van der Waals surface area contributed by atoms with Gasteiger partial charge in [0.1, 0.15) is 5.82 Å². The first-order valence-corrected chi connectivity index (χ1v) is 6.93. The Morgan fingerprint density at radius 2 is 1.95 bits per heavy atom. The minimum atomic E-state index is -0.517. The fraction of sp³-hybridized carbons (Fsp3) is 0.125. The Balaban J connectivity index is 1.90. The van der Waals surface area contributed by atoms with Gasteiger partial charge >= 0.3 is 0 Å². The molecular weight excluding hydrogens is 307 g/mol. The number of anilines is 1. The van der Waals surface area contributed by atoms with E-state index in [9.17, 15) is 14.0 Å². The molecule has 0 heterocycles. The summed E-state index contributed by atoms with van der Waals surface area (Å²) in [5.74, 6) is -1.42. The van der Waals surface area contributed by atoms with Crippen LogP contribution >= 0.6 is 11.6 Å². The summed E-state index contributed by atoms with van der Waals surface area (Å²) in [4.78, 5) is 23.5. The highest BCUT2D eigenvalue weighted by Crippen LogP contribution is 2.19. The van der Waals surface area contributed by atoms with Crippen molar-refractivity contribution in [1.82, 2.24) is 5.32 Å². The van der Waals surface area contributed by atoms with Crippen LogP contribution in [-0.4, -0.2) is 18.4 Å². The average Bonchev–Trinajstić information content (AvgIpc) is 2.48. The van der Waals surface area contributed by atoms with Crippen LogP contribution in [0.5, 0.6) is 0 Å². The van der Waals surface area contributed by atoms with Crippen LogP contribution < -0.4 is 10.6 Å². The summed E-state index contributed by atoms with van der Waals surface area (Å²) in [6.07, 6.45) is 0. The van der Waals surface area contributed by atoms with Gasteiger partial charge in [0, 0.05) is 16.3 Å². The molecule has 2 aromatic carbocycles. The van der Waals surface area contributed by atoms with Crippen LogP contribution in [0.1, 0.15) is 15.9 Å². The molecule has 2 amide bonds. The van der Waals surface area contributed by atoms with Crippen LogP contribution in [-0.2, 0) is 4.79 Å². The number of benzene rings is 2. The largest absolute Gasteiger partial charge is 0.343 e. The van der Waals surface area contributed by atoms with E-state index in [1.165, 1.54) is 18.2 Å². The molecule has 0 bridgehead atoms. The summed E-state index contributed by atoms with van der Waals surface area (Å²) in [6, 6.07) is 10.4. The van der Waals surface area contributed by atoms with E-state index in [4.69, 9.17) is 11.6 Å². The van der Waals surface area contributed by atoms with Crippen LogP contribution in [0, 0.1) is 12.7 Å². The van der Waals surface area contributed by atoms with Crippen molar-refractivity contribution < 1.29 is 14.0 Å². The standard InChI is InChI=1S/C16H14ClFN2O2/c1-10-5-6-13(8-14(10)17)20-15(21)9-19-16(22)11-3-2-4-12(18)7-11/h2-8H,9H2,1H3,(H,19,22)(H,20,21). The van der Waals surface area contributed by atoms with Gasteiger partial charge in [0.2, 0.25) is 5.91 Å². The number of hydrogen-bond acceptors (Lipinski definition) is 2. The van der Waals surface area contributed by atoms with Crippen LogP contribution in [0.2, 0.25) is 5.02 Å². The number of amides is 2. The van der Waals surface area contributed by atoms with Crippen molar-refractivity contribution >= 4 is 29.1 Å². The molecule has 2 N–H and O–H groups in total. The van der Waals surface area contributed by atoms with Crippen LogP contribution in [0.15, 0.2) is 42.5 Å². The molecule has 0 aliphatic carbocycles. The van der Waals surface area contributed by atoms with E-state index in [-0.39, 0.29) is 12.1 Å². The smallest absolute Gasteiger partial charge is 0.251 e. The quantitative estimate of drug-likeness (QED) is 0.909. The van der Waals surface area contributed by atoms with Crippen molar-refractivity contribution in [3.63, 3.8) is 0 Å². The first kappa shape index (κ1) is 16.0. The molecule has 6 heteroatoms. The Labute approximate surface area is 132 Å². The Bertz CT molecular complexity index is 719. The van der Waals surface area contributed by atoms with E-state index in [0.717, 1.165) is 11.6 Å². The summed E-state index contributed by atoms with van der Waals surface area (Å²) in [5, 5.41) is 5.58. The number of nitrogens with one attached hydrogen (secondary N) is 2. The molecular formula is C16H14ClFN2O2. The van der Waals surface area contributed by atoms with Crippen LogP contribution in [0.3, 0.4) is 0 Å². The van der Waals surface area contributed by atoms with Crippen molar-refractivity contribution in [1.29, 1.82) is 0 Å². The number of carbonyl (C=O) groups excluding carboxylic acids is 2. The molecule has 2 rings (SSSR count). The SMILES string of the molecule is Cc1ccc(NC(=O)CNC(=O)c2cccc(F)c2)cc1Cl. The zero-order chi connectivity index (χ0) is 16.1. The van der Waals surface area contributed by atoms with E-state index >= 15 is 0 Å². The third-order valence-electron chi connectivity index (χ3n) is 2.95. The lowest BCUT2D eigenvalue weighted by atomic mass is 10.2. The lowest BCUT2D eigenvalue weighted by Gasteiger charge is -2.08. The van der Waals surface area contributed by atoms with Gasteiger partial charge in [0.25, 0.3) is 5.91 Å². The summed E-state index contributed by atoms with van der Waals surface area (Å²) in [7, 11) is 0. The lowest BCUT2D eigenvalue weighted by molar-refractivity contribution is -0.115. The first-order valence-electron chi connectivity index (χ1n) is 6.55. The Kier molecular flexibility index (Phi) is 5.12. The van der Waals surface area contributed by atoms with E-state index in [0.29, 0.717) is 10.7 Å². The number of rotatable bonds is 4. The molecule has 0 fully saturated rings.